The van der Waals surface area contributed by atoms with E-state index in [2.05, 4.69) is 12.2 Å². The van der Waals surface area contributed by atoms with Crippen molar-refractivity contribution in [2.24, 2.45) is 0 Å². The molecular formula is C18H28BNO3. The lowest BCUT2D eigenvalue weighted by molar-refractivity contribution is -0.120. The van der Waals surface area contributed by atoms with Crippen molar-refractivity contribution < 1.29 is 14.1 Å². The molecule has 0 saturated carbocycles. The van der Waals surface area contributed by atoms with Crippen molar-refractivity contribution in [3.8, 4) is 0 Å². The summed E-state index contributed by atoms with van der Waals surface area (Å²) in [5.41, 5.74) is -0.559. The molecular weight excluding hydrogens is 289 g/mol. The van der Waals surface area contributed by atoms with E-state index in [9.17, 15) is 4.79 Å². The van der Waals surface area contributed by atoms with Gasteiger partial charge in [0.15, 0.2) is 0 Å². The van der Waals surface area contributed by atoms with Gasteiger partial charge >= 0.3 is 7.12 Å². The second kappa shape index (κ2) is 6.29. The molecule has 23 heavy (non-hydrogen) atoms. The molecule has 1 amide bonds. The van der Waals surface area contributed by atoms with Crippen LogP contribution in [0, 0.1) is 0 Å². The number of carbonyl (C=O) groups excluding carboxylic acids is 1. The van der Waals surface area contributed by atoms with Gasteiger partial charge in [-0.3, -0.25) is 4.79 Å². The second-order valence-electron chi connectivity index (χ2n) is 7.36. The highest BCUT2D eigenvalue weighted by Crippen LogP contribution is 2.43. The van der Waals surface area contributed by atoms with Crippen molar-refractivity contribution in [2.75, 3.05) is 0 Å². The number of hydrogen-bond donors (Lipinski definition) is 1. The zero-order valence-corrected chi connectivity index (χ0v) is 15.1. The summed E-state index contributed by atoms with van der Waals surface area (Å²) < 4.78 is 12.6. The number of rotatable bonds is 5. The molecule has 1 heterocycles. The predicted octanol–water partition coefficient (Wildman–Crippen LogP) is 3.45. The highest BCUT2D eigenvalue weighted by atomic mass is 16.7. The van der Waals surface area contributed by atoms with E-state index in [-0.39, 0.29) is 5.91 Å². The van der Waals surface area contributed by atoms with Crippen LogP contribution < -0.4 is 5.32 Å². The lowest BCUT2D eigenvalue weighted by Crippen LogP contribution is -2.57. The van der Waals surface area contributed by atoms with Crippen LogP contribution in [-0.4, -0.2) is 24.2 Å². The molecule has 126 valence electrons. The summed E-state index contributed by atoms with van der Waals surface area (Å²) >= 11 is 0. The van der Waals surface area contributed by atoms with E-state index in [4.69, 9.17) is 9.31 Å². The van der Waals surface area contributed by atoms with Crippen LogP contribution in [-0.2, 0) is 19.5 Å². The summed E-state index contributed by atoms with van der Waals surface area (Å²) in [6, 6.07) is 9.98. The standard InChI is InChI=1S/C18H28BNO3/c1-7-13-18(20-14(2)21,15-11-9-8-10-12-15)19-22-16(3,4)17(5,6)23-19/h8-12H,7,13H2,1-6H3,(H,20,21). The van der Waals surface area contributed by atoms with E-state index in [1.54, 1.807) is 6.92 Å². The Labute approximate surface area is 140 Å². The van der Waals surface area contributed by atoms with Crippen LogP contribution in [0.1, 0.15) is 59.9 Å². The molecule has 1 fully saturated rings. The summed E-state index contributed by atoms with van der Waals surface area (Å²) in [6.45, 7) is 11.8. The van der Waals surface area contributed by atoms with E-state index in [1.807, 2.05) is 58.0 Å². The molecule has 0 spiro atoms. The van der Waals surface area contributed by atoms with E-state index < -0.39 is 23.8 Å². The monoisotopic (exact) mass is 317 g/mol. The lowest BCUT2D eigenvalue weighted by atomic mass is 9.58. The quantitative estimate of drug-likeness (QED) is 0.846. The van der Waals surface area contributed by atoms with Crippen molar-refractivity contribution in [1.82, 2.24) is 5.32 Å². The maximum atomic E-state index is 12.0. The molecule has 1 aromatic rings. The van der Waals surface area contributed by atoms with Gasteiger partial charge in [-0.15, -0.1) is 0 Å². The minimum atomic E-state index is -0.688. The number of nitrogens with one attached hydrogen (secondary N) is 1. The number of benzene rings is 1. The fourth-order valence-electron chi connectivity index (χ4n) is 3.08. The molecule has 1 aliphatic rings. The van der Waals surface area contributed by atoms with E-state index in [1.165, 1.54) is 0 Å². The topological polar surface area (TPSA) is 47.6 Å². The van der Waals surface area contributed by atoms with Crippen LogP contribution in [0.3, 0.4) is 0 Å². The highest BCUT2D eigenvalue weighted by molar-refractivity contribution is 6.50. The second-order valence-corrected chi connectivity index (χ2v) is 7.36. The van der Waals surface area contributed by atoms with Crippen LogP contribution in [0.5, 0.6) is 0 Å². The van der Waals surface area contributed by atoms with E-state index in [0.717, 1.165) is 18.4 Å². The molecule has 0 aliphatic carbocycles. The number of carbonyl (C=O) groups is 1. The van der Waals surface area contributed by atoms with Gasteiger partial charge in [0.25, 0.3) is 0 Å². The number of hydrogen-bond acceptors (Lipinski definition) is 3. The fourth-order valence-corrected chi connectivity index (χ4v) is 3.08. The number of amides is 1. The summed E-state index contributed by atoms with van der Waals surface area (Å²) in [4.78, 5) is 12.0. The molecule has 1 aromatic carbocycles. The van der Waals surface area contributed by atoms with Gasteiger partial charge < -0.3 is 14.6 Å². The molecule has 2 rings (SSSR count). The van der Waals surface area contributed by atoms with Crippen molar-refractivity contribution in [3.63, 3.8) is 0 Å². The first kappa shape index (κ1) is 18.0. The van der Waals surface area contributed by atoms with E-state index >= 15 is 0 Å². The molecule has 1 unspecified atom stereocenters. The maximum absolute atomic E-state index is 12.0. The zero-order valence-electron chi connectivity index (χ0n) is 15.1. The van der Waals surface area contributed by atoms with Crippen LogP contribution in [0.15, 0.2) is 30.3 Å². The Kier molecular flexibility index (Phi) is 4.93. The Hall–Kier alpha value is -1.33. The van der Waals surface area contributed by atoms with Crippen molar-refractivity contribution >= 4 is 13.0 Å². The van der Waals surface area contributed by atoms with Crippen molar-refractivity contribution in [3.05, 3.63) is 35.9 Å². The molecule has 0 radical (unpaired) electrons. The minimum absolute atomic E-state index is 0.0861. The average Bonchev–Trinajstić information content (AvgIpc) is 2.67. The normalized spacial score (nSPS) is 21.7. The first-order chi connectivity index (χ1) is 10.6. The van der Waals surface area contributed by atoms with Gasteiger partial charge in [-0.1, -0.05) is 43.7 Å². The third-order valence-corrected chi connectivity index (χ3v) is 4.99. The Morgan fingerprint density at radius 2 is 1.65 bits per heavy atom. The Morgan fingerprint density at radius 3 is 2.09 bits per heavy atom. The lowest BCUT2D eigenvalue weighted by Gasteiger charge is -2.36. The van der Waals surface area contributed by atoms with Gasteiger partial charge in [0.1, 0.15) is 0 Å². The highest BCUT2D eigenvalue weighted by Gasteiger charge is 2.60. The fraction of sp³-hybridized carbons (Fsp3) is 0.611. The molecule has 4 nitrogen and oxygen atoms in total. The Morgan fingerprint density at radius 1 is 1.13 bits per heavy atom. The largest absolute Gasteiger partial charge is 0.490 e. The third kappa shape index (κ3) is 3.31. The first-order valence-electron chi connectivity index (χ1n) is 8.34. The van der Waals surface area contributed by atoms with Crippen LogP contribution in [0.2, 0.25) is 0 Å². The molecule has 1 aliphatic heterocycles. The zero-order chi connectivity index (χ0) is 17.3. The Bertz CT molecular complexity index is 543. The van der Waals surface area contributed by atoms with Crippen molar-refractivity contribution in [2.45, 2.75) is 71.0 Å². The van der Waals surface area contributed by atoms with Crippen molar-refractivity contribution in [1.29, 1.82) is 0 Å². The predicted molar refractivity (Wildman–Crippen MR) is 92.9 cm³/mol. The summed E-state index contributed by atoms with van der Waals surface area (Å²) in [5.74, 6) is -0.0861. The van der Waals surface area contributed by atoms with Crippen LogP contribution in [0.25, 0.3) is 0 Å². The summed E-state index contributed by atoms with van der Waals surface area (Å²) in [5, 5.41) is 3.14. The van der Waals surface area contributed by atoms with Crippen LogP contribution >= 0.6 is 0 Å². The molecule has 1 saturated heterocycles. The third-order valence-electron chi connectivity index (χ3n) is 4.99. The summed E-state index contributed by atoms with van der Waals surface area (Å²) in [7, 11) is -0.529. The molecule has 5 heteroatoms. The molecule has 1 N–H and O–H groups in total. The van der Waals surface area contributed by atoms with Crippen LogP contribution in [0.4, 0.5) is 0 Å². The van der Waals surface area contributed by atoms with Gasteiger partial charge in [0.05, 0.1) is 16.6 Å². The minimum Gasteiger partial charge on any atom is -0.401 e. The molecule has 0 bridgehead atoms. The van der Waals surface area contributed by atoms with Gasteiger partial charge in [-0.05, 0) is 39.7 Å². The first-order valence-corrected chi connectivity index (χ1v) is 8.34. The molecule has 0 aromatic heterocycles. The van der Waals surface area contributed by atoms with E-state index in [0.29, 0.717) is 0 Å². The SMILES string of the molecule is CCCC(NC(C)=O)(B1OC(C)(C)C(C)(C)O1)c1ccccc1. The summed E-state index contributed by atoms with van der Waals surface area (Å²) in [6.07, 6.45) is 1.65. The van der Waals surface area contributed by atoms with Gasteiger partial charge in [0, 0.05) is 6.92 Å². The van der Waals surface area contributed by atoms with Gasteiger partial charge in [-0.2, -0.15) is 0 Å². The maximum Gasteiger partial charge on any atom is 0.490 e. The Balaban J connectivity index is 2.51. The molecule has 1 atom stereocenters. The van der Waals surface area contributed by atoms with Gasteiger partial charge in [0.2, 0.25) is 5.91 Å². The smallest absolute Gasteiger partial charge is 0.401 e. The van der Waals surface area contributed by atoms with Gasteiger partial charge in [-0.25, -0.2) is 0 Å². The average molecular weight is 317 g/mol.